The van der Waals surface area contributed by atoms with E-state index in [1.54, 1.807) is 0 Å². The molecule has 0 saturated carbocycles. The Balaban J connectivity index is 1.46. The molecule has 3 aromatic rings. The van der Waals surface area contributed by atoms with Crippen molar-refractivity contribution in [2.45, 2.75) is 48.3 Å². The number of alkyl halides is 1. The van der Waals surface area contributed by atoms with Crippen molar-refractivity contribution < 1.29 is 24.1 Å². The van der Waals surface area contributed by atoms with Gasteiger partial charge in [0.2, 0.25) is 0 Å². The van der Waals surface area contributed by atoms with Crippen LogP contribution >= 0.6 is 22.6 Å². The van der Waals surface area contributed by atoms with E-state index in [0.29, 0.717) is 26.4 Å². The molecule has 1 N–H and O–H groups in total. The zero-order valence-corrected chi connectivity index (χ0v) is 20.5. The van der Waals surface area contributed by atoms with Crippen LogP contribution < -0.4 is 0 Å². The number of aliphatic hydroxyl groups excluding tert-OH is 1. The zero-order valence-electron chi connectivity index (χ0n) is 18.3. The summed E-state index contributed by atoms with van der Waals surface area (Å²) in [4.78, 5) is 0. The van der Waals surface area contributed by atoms with E-state index < -0.39 is 18.5 Å². The second-order valence-corrected chi connectivity index (χ2v) is 9.47. The van der Waals surface area contributed by atoms with Crippen LogP contribution in [0.4, 0.5) is 0 Å². The van der Waals surface area contributed by atoms with Crippen LogP contribution in [0.5, 0.6) is 0 Å². The normalized spacial score (nSPS) is 25.1. The van der Waals surface area contributed by atoms with E-state index >= 15 is 0 Å². The highest BCUT2D eigenvalue weighted by atomic mass is 127. The van der Waals surface area contributed by atoms with Crippen LogP contribution in [0.25, 0.3) is 0 Å². The lowest BCUT2D eigenvalue weighted by Crippen LogP contribution is -2.58. The topological polar surface area (TPSA) is 57.2 Å². The fourth-order valence-corrected chi connectivity index (χ4v) is 4.60. The van der Waals surface area contributed by atoms with Crippen LogP contribution in [0.2, 0.25) is 0 Å². The number of aliphatic hydroxyl groups is 1. The molecule has 5 nitrogen and oxygen atoms in total. The zero-order chi connectivity index (χ0) is 22.9. The Morgan fingerprint density at radius 2 is 1.12 bits per heavy atom. The van der Waals surface area contributed by atoms with Gasteiger partial charge in [-0.05, 0) is 16.7 Å². The SMILES string of the molecule is O[C@@H]1O[C@H](COCc2ccccc2)[C@@H](OCc2ccccc2)[C@H](OCc2ccccc2)[C@H]1I. The van der Waals surface area contributed by atoms with E-state index in [4.69, 9.17) is 18.9 Å². The third-order valence-electron chi connectivity index (χ3n) is 5.55. The molecular formula is C27H29IO5. The summed E-state index contributed by atoms with van der Waals surface area (Å²) in [5.41, 5.74) is 3.22. The molecule has 5 atom stereocenters. The van der Waals surface area contributed by atoms with Gasteiger partial charge in [0.15, 0.2) is 6.29 Å². The van der Waals surface area contributed by atoms with Crippen LogP contribution in [0.3, 0.4) is 0 Å². The van der Waals surface area contributed by atoms with Gasteiger partial charge in [-0.3, -0.25) is 0 Å². The van der Waals surface area contributed by atoms with Gasteiger partial charge in [-0.15, -0.1) is 0 Å². The summed E-state index contributed by atoms with van der Waals surface area (Å²) in [6, 6.07) is 30.0. The predicted octanol–water partition coefficient (Wildman–Crippen LogP) is 4.89. The molecular weight excluding hydrogens is 531 g/mol. The molecule has 0 bridgehead atoms. The third-order valence-corrected chi connectivity index (χ3v) is 6.88. The minimum Gasteiger partial charge on any atom is -0.374 e. The number of hydrogen-bond acceptors (Lipinski definition) is 5. The first-order valence-corrected chi connectivity index (χ1v) is 12.4. The Hall–Kier alpha value is -1.81. The monoisotopic (exact) mass is 560 g/mol. The van der Waals surface area contributed by atoms with E-state index in [0.717, 1.165) is 16.7 Å². The third kappa shape index (κ3) is 7.09. The minimum absolute atomic E-state index is 0.280. The molecule has 1 aliphatic rings. The van der Waals surface area contributed by atoms with Crippen LogP contribution in [-0.4, -0.2) is 40.2 Å². The van der Waals surface area contributed by atoms with Crippen molar-refractivity contribution in [3.05, 3.63) is 108 Å². The van der Waals surface area contributed by atoms with Crippen molar-refractivity contribution in [2.24, 2.45) is 0 Å². The largest absolute Gasteiger partial charge is 0.374 e. The highest BCUT2D eigenvalue weighted by Crippen LogP contribution is 2.31. The summed E-state index contributed by atoms with van der Waals surface area (Å²) in [6.07, 6.45) is -2.17. The molecule has 174 valence electrons. The van der Waals surface area contributed by atoms with Crippen molar-refractivity contribution in [3.63, 3.8) is 0 Å². The molecule has 0 unspecified atom stereocenters. The minimum atomic E-state index is -0.965. The van der Waals surface area contributed by atoms with E-state index in [1.165, 1.54) is 0 Å². The first-order chi connectivity index (χ1) is 16.2. The van der Waals surface area contributed by atoms with E-state index in [2.05, 4.69) is 22.6 Å². The number of halogens is 1. The standard InChI is InChI=1S/C27H29IO5/c28-24-26(32-18-22-14-8-3-9-15-22)25(31-17-21-12-6-2-7-13-21)23(33-27(24)29)19-30-16-20-10-4-1-5-11-20/h1-15,23-27,29H,16-19H2/t23-,24-,25-,26-,27-/m1/s1. The highest BCUT2D eigenvalue weighted by Gasteiger charge is 2.46. The first kappa shape index (κ1) is 24.3. The Kier molecular flexibility index (Phi) is 9.28. The summed E-state index contributed by atoms with van der Waals surface area (Å²) < 4.78 is 24.3. The molecule has 1 heterocycles. The van der Waals surface area contributed by atoms with Crippen LogP contribution in [0.15, 0.2) is 91.0 Å². The average Bonchev–Trinajstić information content (AvgIpc) is 2.86. The number of ether oxygens (including phenoxy) is 4. The lowest BCUT2D eigenvalue weighted by molar-refractivity contribution is -0.258. The van der Waals surface area contributed by atoms with Gasteiger partial charge in [0.25, 0.3) is 0 Å². The lowest BCUT2D eigenvalue weighted by Gasteiger charge is -2.42. The molecule has 0 spiro atoms. The summed E-state index contributed by atoms with van der Waals surface area (Å²) in [7, 11) is 0. The Labute approximate surface area is 208 Å². The van der Waals surface area contributed by atoms with Gasteiger partial charge < -0.3 is 24.1 Å². The predicted molar refractivity (Wildman–Crippen MR) is 135 cm³/mol. The molecule has 6 heteroatoms. The van der Waals surface area contributed by atoms with Crippen molar-refractivity contribution >= 4 is 22.6 Å². The van der Waals surface area contributed by atoms with Crippen LogP contribution in [0, 0.1) is 0 Å². The Morgan fingerprint density at radius 3 is 1.64 bits per heavy atom. The van der Waals surface area contributed by atoms with Gasteiger partial charge in [0.05, 0.1) is 30.4 Å². The summed E-state index contributed by atoms with van der Waals surface area (Å²) in [5.74, 6) is 0. The van der Waals surface area contributed by atoms with E-state index in [1.807, 2.05) is 91.0 Å². The first-order valence-electron chi connectivity index (χ1n) is 11.1. The van der Waals surface area contributed by atoms with Crippen LogP contribution in [-0.2, 0) is 38.8 Å². The quantitative estimate of drug-likeness (QED) is 0.283. The molecule has 0 aliphatic carbocycles. The highest BCUT2D eigenvalue weighted by molar-refractivity contribution is 14.1. The fourth-order valence-electron chi connectivity index (χ4n) is 3.81. The molecule has 1 aliphatic heterocycles. The smallest absolute Gasteiger partial charge is 0.169 e. The molecule has 33 heavy (non-hydrogen) atoms. The maximum absolute atomic E-state index is 10.6. The molecule has 1 fully saturated rings. The lowest BCUT2D eigenvalue weighted by atomic mass is 10.0. The number of hydrogen-bond donors (Lipinski definition) is 1. The van der Waals surface area contributed by atoms with Gasteiger partial charge in [0.1, 0.15) is 18.3 Å². The maximum atomic E-state index is 10.6. The van der Waals surface area contributed by atoms with Crippen molar-refractivity contribution in [1.29, 1.82) is 0 Å². The van der Waals surface area contributed by atoms with Crippen LogP contribution in [0.1, 0.15) is 16.7 Å². The summed E-state index contributed by atoms with van der Waals surface area (Å²) in [5, 5.41) is 10.6. The molecule has 0 aromatic heterocycles. The van der Waals surface area contributed by atoms with Crippen molar-refractivity contribution in [3.8, 4) is 0 Å². The van der Waals surface area contributed by atoms with Gasteiger partial charge in [-0.2, -0.15) is 0 Å². The summed E-state index contributed by atoms with van der Waals surface area (Å²) in [6.45, 7) is 1.61. The average molecular weight is 560 g/mol. The summed E-state index contributed by atoms with van der Waals surface area (Å²) >= 11 is 2.19. The Morgan fingerprint density at radius 1 is 0.667 bits per heavy atom. The molecule has 0 radical (unpaired) electrons. The second-order valence-electron chi connectivity index (χ2n) is 8.03. The van der Waals surface area contributed by atoms with Crippen molar-refractivity contribution in [2.75, 3.05) is 6.61 Å². The maximum Gasteiger partial charge on any atom is 0.169 e. The molecule has 3 aromatic carbocycles. The molecule has 1 saturated heterocycles. The Bertz CT molecular complexity index is 941. The number of benzene rings is 3. The molecule has 0 amide bonds. The van der Waals surface area contributed by atoms with Gasteiger partial charge >= 0.3 is 0 Å². The van der Waals surface area contributed by atoms with Gasteiger partial charge in [-0.25, -0.2) is 0 Å². The van der Waals surface area contributed by atoms with E-state index in [-0.39, 0.29) is 10.0 Å². The van der Waals surface area contributed by atoms with E-state index in [9.17, 15) is 5.11 Å². The van der Waals surface area contributed by atoms with Crippen molar-refractivity contribution in [1.82, 2.24) is 0 Å². The fraction of sp³-hybridized carbons (Fsp3) is 0.333. The molecule has 4 rings (SSSR count). The van der Waals surface area contributed by atoms with Gasteiger partial charge in [-0.1, -0.05) is 114 Å². The van der Waals surface area contributed by atoms with Gasteiger partial charge in [0, 0.05) is 0 Å². The number of rotatable bonds is 10. The second kappa shape index (κ2) is 12.6.